The molecule has 2 N–H and O–H groups in total. The van der Waals surface area contributed by atoms with Gasteiger partial charge in [-0.2, -0.15) is 0 Å². The van der Waals surface area contributed by atoms with Crippen molar-refractivity contribution >= 4 is 23.5 Å². The highest BCUT2D eigenvalue weighted by molar-refractivity contribution is 6.31. The fourth-order valence-electron chi connectivity index (χ4n) is 3.70. The second-order valence-electron chi connectivity index (χ2n) is 7.10. The maximum Gasteiger partial charge on any atom is 0.325 e. The summed E-state index contributed by atoms with van der Waals surface area (Å²) in [5, 5.41) is 13.7. The normalized spacial score (nSPS) is 20.9. The number of aliphatic hydroxyl groups excluding tert-OH is 1. The molecule has 1 heterocycles. The zero-order valence-corrected chi connectivity index (χ0v) is 15.5. The van der Waals surface area contributed by atoms with Crippen LogP contribution in [0.3, 0.4) is 0 Å². The van der Waals surface area contributed by atoms with Crippen LogP contribution in [0.4, 0.5) is 4.79 Å². The van der Waals surface area contributed by atoms with Gasteiger partial charge in [0.2, 0.25) is 0 Å². The molecule has 1 aliphatic heterocycles. The standard InChI is InChI=1S/C19H25ClN2O4/c20-16-8-4-3-7-14(16)12-26-13-15(23)11-22-17(24)19(21-18(22)25)9-5-1-2-6-10-19/h3-4,7-8,15,23H,1-2,5-6,9-13H2,(H,21,25)/t15-/m1/s1. The van der Waals surface area contributed by atoms with Gasteiger partial charge in [-0.3, -0.25) is 9.69 Å². The van der Waals surface area contributed by atoms with E-state index in [1.54, 1.807) is 6.07 Å². The number of hydrogen-bond acceptors (Lipinski definition) is 4. The van der Waals surface area contributed by atoms with Gasteiger partial charge in [-0.25, -0.2) is 4.79 Å². The van der Waals surface area contributed by atoms with Gasteiger partial charge in [0.1, 0.15) is 5.54 Å². The molecule has 1 spiro atoms. The molecule has 0 unspecified atom stereocenters. The molecular weight excluding hydrogens is 356 g/mol. The molecule has 3 amide bonds. The number of aliphatic hydroxyl groups is 1. The van der Waals surface area contributed by atoms with Crippen LogP contribution in [-0.2, 0) is 16.1 Å². The zero-order valence-electron chi connectivity index (χ0n) is 14.7. The number of benzene rings is 1. The van der Waals surface area contributed by atoms with Gasteiger partial charge in [-0.05, 0) is 24.5 Å². The van der Waals surface area contributed by atoms with E-state index < -0.39 is 17.7 Å². The van der Waals surface area contributed by atoms with Gasteiger partial charge in [-0.1, -0.05) is 55.5 Å². The maximum atomic E-state index is 12.8. The number of halogens is 1. The average molecular weight is 381 g/mol. The van der Waals surface area contributed by atoms with Crippen molar-refractivity contribution in [1.82, 2.24) is 10.2 Å². The van der Waals surface area contributed by atoms with Crippen molar-refractivity contribution in [1.29, 1.82) is 0 Å². The summed E-state index contributed by atoms with van der Waals surface area (Å²) in [5.41, 5.74) is 0.0555. The summed E-state index contributed by atoms with van der Waals surface area (Å²) in [6.45, 7) is 0.227. The molecule has 6 nitrogen and oxygen atoms in total. The van der Waals surface area contributed by atoms with Gasteiger partial charge in [0, 0.05) is 5.02 Å². The predicted molar refractivity (Wildman–Crippen MR) is 97.8 cm³/mol. The number of carbonyl (C=O) groups is 2. The van der Waals surface area contributed by atoms with Gasteiger partial charge in [0.05, 0.1) is 25.9 Å². The van der Waals surface area contributed by atoms with Crippen molar-refractivity contribution in [3.63, 3.8) is 0 Å². The Labute approximate surface area is 158 Å². The largest absolute Gasteiger partial charge is 0.389 e. The van der Waals surface area contributed by atoms with Crippen molar-refractivity contribution in [3.05, 3.63) is 34.9 Å². The molecule has 0 aromatic heterocycles. The Morgan fingerprint density at radius 1 is 1.19 bits per heavy atom. The third-order valence-corrected chi connectivity index (χ3v) is 5.49. The van der Waals surface area contributed by atoms with Crippen LogP contribution in [0.15, 0.2) is 24.3 Å². The summed E-state index contributed by atoms with van der Waals surface area (Å²) >= 11 is 6.06. The fourth-order valence-corrected chi connectivity index (χ4v) is 3.89. The van der Waals surface area contributed by atoms with E-state index in [9.17, 15) is 14.7 Å². The minimum absolute atomic E-state index is 0.0231. The fraction of sp³-hybridized carbons (Fsp3) is 0.579. The third-order valence-electron chi connectivity index (χ3n) is 5.12. The van der Waals surface area contributed by atoms with E-state index in [0.717, 1.165) is 36.1 Å². The summed E-state index contributed by atoms with van der Waals surface area (Å²) in [6, 6.07) is 6.90. The molecule has 1 aliphatic carbocycles. The van der Waals surface area contributed by atoms with E-state index in [1.807, 2.05) is 18.2 Å². The molecule has 1 aromatic rings. The molecule has 26 heavy (non-hydrogen) atoms. The number of nitrogens with one attached hydrogen (secondary N) is 1. The van der Waals surface area contributed by atoms with Gasteiger partial charge in [-0.15, -0.1) is 0 Å². The van der Waals surface area contributed by atoms with Crippen LogP contribution in [0.5, 0.6) is 0 Å². The Morgan fingerprint density at radius 2 is 1.88 bits per heavy atom. The Balaban J connectivity index is 1.52. The first-order chi connectivity index (χ1) is 12.5. The summed E-state index contributed by atoms with van der Waals surface area (Å²) in [6.07, 6.45) is 4.45. The number of imide groups is 1. The summed E-state index contributed by atoms with van der Waals surface area (Å²) in [5.74, 6) is -0.213. The van der Waals surface area contributed by atoms with Crippen molar-refractivity contribution in [2.45, 2.75) is 56.8 Å². The number of amides is 3. The highest BCUT2D eigenvalue weighted by Gasteiger charge is 2.50. The molecule has 2 aliphatic rings. The smallest absolute Gasteiger partial charge is 0.325 e. The van der Waals surface area contributed by atoms with Crippen LogP contribution in [0, 0.1) is 0 Å². The summed E-state index contributed by atoms with van der Waals surface area (Å²) in [7, 11) is 0. The molecule has 1 saturated carbocycles. The second-order valence-corrected chi connectivity index (χ2v) is 7.51. The number of ether oxygens (including phenoxy) is 1. The molecule has 2 fully saturated rings. The van der Waals surface area contributed by atoms with Gasteiger partial charge in [0.25, 0.3) is 5.91 Å². The van der Waals surface area contributed by atoms with E-state index >= 15 is 0 Å². The Kier molecular flexibility index (Phi) is 6.16. The average Bonchev–Trinajstić information content (AvgIpc) is 2.79. The molecule has 7 heteroatoms. The zero-order chi connectivity index (χ0) is 18.6. The van der Waals surface area contributed by atoms with Crippen molar-refractivity contribution in [2.75, 3.05) is 13.2 Å². The number of urea groups is 1. The van der Waals surface area contributed by atoms with E-state index in [4.69, 9.17) is 16.3 Å². The van der Waals surface area contributed by atoms with Crippen molar-refractivity contribution < 1.29 is 19.4 Å². The van der Waals surface area contributed by atoms with Gasteiger partial charge in [0.15, 0.2) is 0 Å². The summed E-state index contributed by atoms with van der Waals surface area (Å²) in [4.78, 5) is 26.2. The van der Waals surface area contributed by atoms with Gasteiger partial charge >= 0.3 is 6.03 Å². The van der Waals surface area contributed by atoms with Crippen LogP contribution in [0.1, 0.15) is 44.1 Å². The first kappa shape index (κ1) is 19.1. The van der Waals surface area contributed by atoms with E-state index in [-0.39, 0.29) is 25.7 Å². The monoisotopic (exact) mass is 380 g/mol. The van der Waals surface area contributed by atoms with Crippen LogP contribution >= 0.6 is 11.6 Å². The number of hydrogen-bond donors (Lipinski definition) is 2. The maximum absolute atomic E-state index is 12.8. The molecule has 1 atom stereocenters. The molecular formula is C19H25ClN2O4. The van der Waals surface area contributed by atoms with E-state index in [1.165, 1.54) is 0 Å². The summed E-state index contributed by atoms with van der Waals surface area (Å²) < 4.78 is 5.50. The highest BCUT2D eigenvalue weighted by Crippen LogP contribution is 2.32. The quantitative estimate of drug-likeness (QED) is 0.744. The topological polar surface area (TPSA) is 78.9 Å². The van der Waals surface area contributed by atoms with Crippen LogP contribution in [0.25, 0.3) is 0 Å². The van der Waals surface area contributed by atoms with Crippen molar-refractivity contribution in [3.8, 4) is 0 Å². The van der Waals surface area contributed by atoms with E-state index in [0.29, 0.717) is 17.9 Å². The molecule has 0 radical (unpaired) electrons. The molecule has 1 saturated heterocycles. The lowest BCUT2D eigenvalue weighted by atomic mass is 9.90. The molecule has 142 valence electrons. The lowest BCUT2D eigenvalue weighted by Gasteiger charge is -2.25. The highest BCUT2D eigenvalue weighted by atomic mass is 35.5. The number of carbonyl (C=O) groups excluding carboxylic acids is 2. The predicted octanol–water partition coefficient (Wildman–Crippen LogP) is 2.86. The lowest BCUT2D eigenvalue weighted by Crippen LogP contribution is -2.47. The Morgan fingerprint density at radius 3 is 2.58 bits per heavy atom. The number of rotatable bonds is 6. The minimum Gasteiger partial charge on any atom is -0.389 e. The first-order valence-corrected chi connectivity index (χ1v) is 9.53. The number of nitrogens with zero attached hydrogens (tertiary/aromatic N) is 1. The minimum atomic E-state index is -0.937. The molecule has 1 aromatic carbocycles. The lowest BCUT2D eigenvalue weighted by molar-refractivity contribution is -0.133. The van der Waals surface area contributed by atoms with Crippen LogP contribution in [-0.4, -0.2) is 46.7 Å². The second kappa shape index (κ2) is 8.37. The third kappa shape index (κ3) is 4.19. The SMILES string of the molecule is O=C1NC2(CCCCCC2)C(=O)N1C[C@@H](O)COCc1ccccc1Cl. The Hall–Kier alpha value is -1.63. The Bertz CT molecular complexity index is 659. The molecule has 3 rings (SSSR count). The molecule has 0 bridgehead atoms. The van der Waals surface area contributed by atoms with Crippen molar-refractivity contribution in [2.24, 2.45) is 0 Å². The van der Waals surface area contributed by atoms with E-state index in [2.05, 4.69) is 5.32 Å². The van der Waals surface area contributed by atoms with Gasteiger partial charge < -0.3 is 15.2 Å². The van der Waals surface area contributed by atoms with Crippen LogP contribution < -0.4 is 5.32 Å². The van der Waals surface area contributed by atoms with Crippen LogP contribution in [0.2, 0.25) is 5.02 Å². The first-order valence-electron chi connectivity index (χ1n) is 9.15. The number of β-amino-alcohol motifs (C(OH)–C–C–N with tert-alkyl or cyclic N) is 1.